The molecule has 3 aliphatic carbocycles. The van der Waals surface area contributed by atoms with Gasteiger partial charge in [0.15, 0.2) is 34.7 Å². The second kappa shape index (κ2) is 10.2. The molecule has 0 radical (unpaired) electrons. The molecule has 4 aliphatic rings. The molecule has 1 aliphatic heterocycles. The van der Waals surface area contributed by atoms with E-state index in [2.05, 4.69) is 22.3 Å². The molecule has 2 aromatic carbocycles. The number of likely N-dealkylation sites (tertiary alicyclic amines) is 1. The summed E-state index contributed by atoms with van der Waals surface area (Å²) in [7, 11) is 0. The smallest absolute Gasteiger partial charge is 0.235 e. The number of primary amides is 1. The molecule has 5 N–H and O–H groups in total. The number of phenolic OH excluding ortho intramolecular Hbond substituents is 1. The van der Waals surface area contributed by atoms with Crippen LogP contribution >= 0.6 is 0 Å². The fourth-order valence-electron chi connectivity index (χ4n) is 7.36. The van der Waals surface area contributed by atoms with Crippen LogP contribution in [-0.4, -0.2) is 68.9 Å². The Hall–Kier alpha value is -3.89. The second-order valence-electron chi connectivity index (χ2n) is 11.9. The lowest BCUT2D eigenvalue weighted by atomic mass is 9.54. The molecule has 5 atom stereocenters. The number of phenols is 1. The monoisotopic (exact) mass is 559 g/mol. The van der Waals surface area contributed by atoms with E-state index in [1.807, 2.05) is 18.2 Å². The van der Waals surface area contributed by atoms with Crippen molar-refractivity contribution in [3.63, 3.8) is 0 Å². The Bertz CT molecular complexity index is 1450. The molecule has 0 aromatic heterocycles. The van der Waals surface area contributed by atoms with Crippen molar-refractivity contribution in [2.75, 3.05) is 18.4 Å². The molecule has 2 unspecified atom stereocenters. The average molecular weight is 560 g/mol. The highest BCUT2D eigenvalue weighted by Crippen LogP contribution is 2.50. The summed E-state index contributed by atoms with van der Waals surface area (Å²) < 4.78 is 0. The van der Waals surface area contributed by atoms with E-state index < -0.39 is 58.3 Å². The molecule has 41 heavy (non-hydrogen) atoms. The van der Waals surface area contributed by atoms with Gasteiger partial charge in [0, 0.05) is 38.0 Å². The number of ketones is 4. The van der Waals surface area contributed by atoms with Crippen molar-refractivity contribution in [3.05, 3.63) is 59.2 Å². The van der Waals surface area contributed by atoms with E-state index in [0.29, 0.717) is 11.3 Å². The van der Waals surface area contributed by atoms with Crippen molar-refractivity contribution >= 4 is 34.7 Å². The van der Waals surface area contributed by atoms with Gasteiger partial charge in [-0.2, -0.15) is 0 Å². The number of anilines is 1. The maximum absolute atomic E-state index is 13.8. The SMILES string of the molecule is NC(=O)C1C(=O)C[C@@H]2C[C@@H]3Cc4ccc(NC5CCN(Cc6ccccc6)CC5)c(O)c4C(=O)C3C(=O)[C@]2(O)C1=O. The molecule has 0 spiro atoms. The Labute approximate surface area is 236 Å². The summed E-state index contributed by atoms with van der Waals surface area (Å²) in [5, 5.41) is 25.9. The largest absolute Gasteiger partial charge is 0.505 e. The van der Waals surface area contributed by atoms with Crippen LogP contribution in [0.15, 0.2) is 42.5 Å². The first-order valence-electron chi connectivity index (χ1n) is 14.1. The fraction of sp³-hybridized carbons (Fsp3) is 0.452. The molecular weight excluding hydrogens is 526 g/mol. The first-order chi connectivity index (χ1) is 19.6. The van der Waals surface area contributed by atoms with Crippen molar-refractivity contribution in [1.82, 2.24) is 4.90 Å². The third kappa shape index (κ3) is 4.46. The van der Waals surface area contributed by atoms with E-state index in [4.69, 9.17) is 5.73 Å². The fourth-order valence-corrected chi connectivity index (χ4v) is 7.36. The van der Waals surface area contributed by atoms with Crippen LogP contribution in [0, 0.1) is 23.7 Å². The number of fused-ring (bicyclic) bond motifs is 3. The van der Waals surface area contributed by atoms with E-state index >= 15 is 0 Å². The van der Waals surface area contributed by atoms with Crippen LogP contribution in [0.3, 0.4) is 0 Å². The Morgan fingerprint density at radius 1 is 1.00 bits per heavy atom. The zero-order valence-corrected chi connectivity index (χ0v) is 22.5. The van der Waals surface area contributed by atoms with Gasteiger partial charge in [0.2, 0.25) is 5.91 Å². The molecule has 10 nitrogen and oxygen atoms in total. The zero-order chi connectivity index (χ0) is 29.1. The van der Waals surface area contributed by atoms with Gasteiger partial charge in [-0.1, -0.05) is 36.4 Å². The number of aromatic hydroxyl groups is 1. The van der Waals surface area contributed by atoms with Crippen LogP contribution in [0.2, 0.25) is 0 Å². The number of piperidine rings is 1. The lowest BCUT2D eigenvalue weighted by Crippen LogP contribution is -2.68. The van der Waals surface area contributed by atoms with E-state index in [-0.39, 0.29) is 36.6 Å². The number of nitrogens with one attached hydrogen (secondary N) is 1. The highest BCUT2D eigenvalue weighted by molar-refractivity contribution is 6.31. The van der Waals surface area contributed by atoms with E-state index in [1.54, 1.807) is 12.1 Å². The molecule has 2 aromatic rings. The van der Waals surface area contributed by atoms with Crippen LogP contribution in [0.4, 0.5) is 5.69 Å². The van der Waals surface area contributed by atoms with Crippen LogP contribution < -0.4 is 11.1 Å². The molecule has 1 heterocycles. The van der Waals surface area contributed by atoms with E-state index in [0.717, 1.165) is 32.5 Å². The lowest BCUT2D eigenvalue weighted by Gasteiger charge is -2.48. The molecule has 0 bridgehead atoms. The second-order valence-corrected chi connectivity index (χ2v) is 11.9. The molecule has 2 saturated carbocycles. The maximum atomic E-state index is 13.8. The van der Waals surface area contributed by atoms with E-state index in [1.165, 1.54) is 5.56 Å². The molecule has 1 amide bonds. The summed E-state index contributed by atoms with van der Waals surface area (Å²) in [5.74, 6) is -9.94. The minimum atomic E-state index is -2.64. The van der Waals surface area contributed by atoms with Crippen molar-refractivity contribution in [2.45, 2.75) is 50.3 Å². The molecule has 10 heteroatoms. The summed E-state index contributed by atoms with van der Waals surface area (Å²) in [4.78, 5) is 67.1. The maximum Gasteiger partial charge on any atom is 0.235 e. The highest BCUT2D eigenvalue weighted by Gasteiger charge is 2.66. The number of rotatable bonds is 5. The average Bonchev–Trinajstić information content (AvgIpc) is 2.93. The van der Waals surface area contributed by atoms with Gasteiger partial charge in [0.25, 0.3) is 0 Å². The van der Waals surface area contributed by atoms with Gasteiger partial charge in [-0.3, -0.25) is 28.9 Å². The van der Waals surface area contributed by atoms with Crippen LogP contribution in [0.25, 0.3) is 0 Å². The number of aliphatic hydroxyl groups is 1. The van der Waals surface area contributed by atoms with Crippen molar-refractivity contribution < 1.29 is 34.2 Å². The number of benzene rings is 2. The zero-order valence-electron chi connectivity index (χ0n) is 22.5. The van der Waals surface area contributed by atoms with E-state index in [9.17, 15) is 34.2 Å². The molecule has 214 valence electrons. The quantitative estimate of drug-likeness (QED) is 0.313. The normalized spacial score (nSPS) is 30.4. The number of nitrogens with zero attached hydrogens (tertiary/aromatic N) is 1. The Kier molecular flexibility index (Phi) is 6.78. The topological polar surface area (TPSA) is 167 Å². The summed E-state index contributed by atoms with van der Waals surface area (Å²) in [6, 6.07) is 13.8. The number of amides is 1. The highest BCUT2D eigenvalue weighted by atomic mass is 16.3. The van der Waals surface area contributed by atoms with Gasteiger partial charge >= 0.3 is 0 Å². The standard InChI is InChI=1S/C31H33N3O7/c32-30(40)25-22(35)14-19-13-18-12-17-6-7-21(26(36)23(17)27(37)24(18)28(38)31(19,41)29(25)39)33-20-8-10-34(11-9-20)15-16-4-2-1-3-5-16/h1-7,18-20,24-25,33,36,41H,8-15H2,(H2,32,40)/t18-,19-,24?,25?,31-/m0/s1. The summed E-state index contributed by atoms with van der Waals surface area (Å²) in [6.45, 7) is 2.61. The third-order valence-electron chi connectivity index (χ3n) is 9.47. The lowest BCUT2D eigenvalue weighted by molar-refractivity contribution is -0.175. The number of carbonyl (C=O) groups is 5. The van der Waals surface area contributed by atoms with Crippen LogP contribution in [-0.2, 0) is 32.1 Å². The number of nitrogens with two attached hydrogens (primary N) is 1. The van der Waals surface area contributed by atoms with Gasteiger partial charge in [-0.25, -0.2) is 0 Å². The first kappa shape index (κ1) is 27.3. The molecule has 1 saturated heterocycles. The third-order valence-corrected chi connectivity index (χ3v) is 9.47. The number of hydrogen-bond acceptors (Lipinski definition) is 9. The van der Waals surface area contributed by atoms with Gasteiger partial charge in [-0.05, 0) is 48.8 Å². The summed E-state index contributed by atoms with van der Waals surface area (Å²) in [5.41, 5.74) is 4.84. The Morgan fingerprint density at radius 2 is 1.71 bits per heavy atom. The van der Waals surface area contributed by atoms with Crippen molar-refractivity contribution in [2.24, 2.45) is 29.4 Å². The Balaban J connectivity index is 1.20. The molecule has 3 fully saturated rings. The summed E-state index contributed by atoms with van der Waals surface area (Å²) in [6.07, 6.45) is 1.71. The minimum Gasteiger partial charge on any atom is -0.505 e. The predicted molar refractivity (Wildman–Crippen MR) is 147 cm³/mol. The minimum absolute atomic E-state index is 0.0129. The number of Topliss-reactive ketones (excluding diaryl/α,β-unsaturated/α-hetero) is 4. The predicted octanol–water partition coefficient (Wildman–Crippen LogP) is 1.40. The Morgan fingerprint density at radius 3 is 2.39 bits per heavy atom. The van der Waals surface area contributed by atoms with Gasteiger partial charge < -0.3 is 21.3 Å². The van der Waals surface area contributed by atoms with Gasteiger partial charge in [0.1, 0.15) is 5.75 Å². The van der Waals surface area contributed by atoms with Crippen molar-refractivity contribution in [1.29, 1.82) is 0 Å². The van der Waals surface area contributed by atoms with Gasteiger partial charge in [-0.15, -0.1) is 0 Å². The summed E-state index contributed by atoms with van der Waals surface area (Å²) >= 11 is 0. The first-order valence-corrected chi connectivity index (χ1v) is 14.1. The van der Waals surface area contributed by atoms with Gasteiger partial charge in [0.05, 0.1) is 17.2 Å². The van der Waals surface area contributed by atoms with Crippen LogP contribution in [0.1, 0.15) is 47.2 Å². The number of hydrogen-bond donors (Lipinski definition) is 4. The molecular formula is C31H33N3O7. The van der Waals surface area contributed by atoms with Crippen molar-refractivity contribution in [3.8, 4) is 5.75 Å². The number of carbonyl (C=O) groups excluding carboxylic acids is 5. The van der Waals surface area contributed by atoms with Crippen LogP contribution in [0.5, 0.6) is 5.75 Å². The molecule has 6 rings (SSSR count).